The standard InChI is InChI=1S/C13H15BrF3NO/c1-9(2)18(8-7-14)12(19)10-3-5-11(6-4-10)13(15,16)17/h3-6,9H,7-8H2,1-2H3. The summed E-state index contributed by atoms with van der Waals surface area (Å²) in [4.78, 5) is 13.8. The van der Waals surface area contributed by atoms with Crippen LogP contribution >= 0.6 is 15.9 Å². The van der Waals surface area contributed by atoms with E-state index in [9.17, 15) is 18.0 Å². The van der Waals surface area contributed by atoms with Gasteiger partial charge in [0.1, 0.15) is 0 Å². The maximum Gasteiger partial charge on any atom is 0.416 e. The highest BCUT2D eigenvalue weighted by Gasteiger charge is 2.30. The van der Waals surface area contributed by atoms with Crippen LogP contribution in [0.4, 0.5) is 13.2 Å². The van der Waals surface area contributed by atoms with Gasteiger partial charge in [-0.25, -0.2) is 0 Å². The molecule has 106 valence electrons. The van der Waals surface area contributed by atoms with Crippen molar-refractivity contribution in [2.45, 2.75) is 26.1 Å². The van der Waals surface area contributed by atoms with E-state index in [2.05, 4.69) is 15.9 Å². The molecular weight excluding hydrogens is 323 g/mol. The minimum atomic E-state index is -4.38. The van der Waals surface area contributed by atoms with Crippen LogP contribution in [-0.4, -0.2) is 28.7 Å². The second-order valence-corrected chi connectivity index (χ2v) is 5.15. The molecule has 0 bridgehead atoms. The summed E-state index contributed by atoms with van der Waals surface area (Å²) in [5, 5.41) is 0.623. The number of hydrogen-bond acceptors (Lipinski definition) is 1. The minimum Gasteiger partial charge on any atom is -0.335 e. The third kappa shape index (κ3) is 4.23. The van der Waals surface area contributed by atoms with E-state index in [1.165, 1.54) is 12.1 Å². The monoisotopic (exact) mass is 337 g/mol. The van der Waals surface area contributed by atoms with Gasteiger partial charge in [-0.1, -0.05) is 15.9 Å². The Morgan fingerprint density at radius 1 is 1.26 bits per heavy atom. The van der Waals surface area contributed by atoms with Gasteiger partial charge in [0, 0.05) is 23.5 Å². The Balaban J connectivity index is 2.94. The van der Waals surface area contributed by atoms with Crippen LogP contribution in [0.5, 0.6) is 0 Å². The van der Waals surface area contributed by atoms with Gasteiger partial charge in [-0.3, -0.25) is 4.79 Å². The molecule has 6 heteroatoms. The van der Waals surface area contributed by atoms with Crippen LogP contribution in [0.1, 0.15) is 29.8 Å². The highest BCUT2D eigenvalue weighted by molar-refractivity contribution is 9.09. The zero-order valence-corrected chi connectivity index (χ0v) is 12.3. The van der Waals surface area contributed by atoms with Crippen LogP contribution < -0.4 is 0 Å². The van der Waals surface area contributed by atoms with Crippen molar-refractivity contribution in [3.8, 4) is 0 Å². The van der Waals surface area contributed by atoms with E-state index >= 15 is 0 Å². The topological polar surface area (TPSA) is 20.3 Å². The van der Waals surface area contributed by atoms with Crippen molar-refractivity contribution in [2.75, 3.05) is 11.9 Å². The van der Waals surface area contributed by atoms with Gasteiger partial charge >= 0.3 is 6.18 Å². The molecule has 0 saturated heterocycles. The molecule has 0 radical (unpaired) electrons. The number of rotatable bonds is 4. The average Bonchev–Trinajstić information content (AvgIpc) is 2.34. The summed E-state index contributed by atoms with van der Waals surface area (Å²) in [6.45, 7) is 4.24. The molecule has 1 aromatic rings. The third-order valence-corrected chi connectivity index (χ3v) is 3.02. The molecule has 0 aliphatic carbocycles. The summed E-state index contributed by atoms with van der Waals surface area (Å²) in [6.07, 6.45) is -4.38. The van der Waals surface area contributed by atoms with Crippen LogP contribution in [-0.2, 0) is 6.18 Å². The number of hydrogen-bond donors (Lipinski definition) is 0. The number of carbonyl (C=O) groups excluding carboxylic acids is 1. The molecule has 2 nitrogen and oxygen atoms in total. The lowest BCUT2D eigenvalue weighted by atomic mass is 10.1. The summed E-state index contributed by atoms with van der Waals surface area (Å²) in [5.74, 6) is -0.261. The van der Waals surface area contributed by atoms with Gasteiger partial charge in [-0.2, -0.15) is 13.2 Å². The molecule has 0 aliphatic rings. The van der Waals surface area contributed by atoms with Gasteiger partial charge in [0.25, 0.3) is 5.91 Å². The van der Waals surface area contributed by atoms with Gasteiger partial charge in [-0.05, 0) is 38.1 Å². The first-order chi connectivity index (χ1) is 8.77. The Bertz CT molecular complexity index is 429. The van der Waals surface area contributed by atoms with E-state index in [0.717, 1.165) is 12.1 Å². The fourth-order valence-corrected chi connectivity index (χ4v) is 2.03. The summed E-state index contributed by atoms with van der Waals surface area (Å²) in [7, 11) is 0. The van der Waals surface area contributed by atoms with E-state index in [0.29, 0.717) is 11.9 Å². The van der Waals surface area contributed by atoms with Crippen molar-refractivity contribution >= 4 is 21.8 Å². The lowest BCUT2D eigenvalue weighted by Crippen LogP contribution is -2.38. The zero-order valence-electron chi connectivity index (χ0n) is 10.7. The van der Waals surface area contributed by atoms with Crippen LogP contribution in [0, 0.1) is 0 Å². The van der Waals surface area contributed by atoms with Gasteiger partial charge < -0.3 is 4.90 Å². The molecule has 0 spiro atoms. The van der Waals surface area contributed by atoms with E-state index < -0.39 is 11.7 Å². The Kier molecular flexibility index (Phi) is 5.40. The van der Waals surface area contributed by atoms with Crippen molar-refractivity contribution in [1.82, 2.24) is 4.90 Å². The van der Waals surface area contributed by atoms with Crippen LogP contribution in [0.25, 0.3) is 0 Å². The summed E-state index contributed by atoms with van der Waals surface area (Å²) < 4.78 is 37.3. The lowest BCUT2D eigenvalue weighted by Gasteiger charge is -2.26. The SMILES string of the molecule is CC(C)N(CCBr)C(=O)c1ccc(C(F)(F)F)cc1. The van der Waals surface area contributed by atoms with Crippen molar-refractivity contribution in [3.63, 3.8) is 0 Å². The number of amides is 1. The molecule has 0 fully saturated rings. The largest absolute Gasteiger partial charge is 0.416 e. The first-order valence-electron chi connectivity index (χ1n) is 5.81. The Morgan fingerprint density at radius 3 is 2.16 bits per heavy atom. The number of carbonyl (C=O) groups is 1. The first-order valence-corrected chi connectivity index (χ1v) is 6.93. The molecule has 1 amide bonds. The maximum atomic E-state index is 12.4. The minimum absolute atomic E-state index is 0.00709. The Hall–Kier alpha value is -1.04. The highest BCUT2D eigenvalue weighted by atomic mass is 79.9. The molecule has 0 atom stereocenters. The fourth-order valence-electron chi connectivity index (χ4n) is 1.65. The van der Waals surface area contributed by atoms with Crippen molar-refractivity contribution in [2.24, 2.45) is 0 Å². The van der Waals surface area contributed by atoms with Crippen LogP contribution in [0.3, 0.4) is 0 Å². The second kappa shape index (κ2) is 6.41. The molecule has 19 heavy (non-hydrogen) atoms. The van der Waals surface area contributed by atoms with Gasteiger partial charge in [0.05, 0.1) is 5.56 Å². The van der Waals surface area contributed by atoms with Gasteiger partial charge in [0.2, 0.25) is 0 Å². The van der Waals surface area contributed by atoms with Crippen molar-refractivity contribution in [1.29, 1.82) is 0 Å². The molecule has 0 N–H and O–H groups in total. The summed E-state index contributed by atoms with van der Waals surface area (Å²) in [6, 6.07) is 4.29. The third-order valence-electron chi connectivity index (χ3n) is 2.67. The smallest absolute Gasteiger partial charge is 0.335 e. The molecular formula is C13H15BrF3NO. The second-order valence-electron chi connectivity index (χ2n) is 4.36. The van der Waals surface area contributed by atoms with E-state index in [1.54, 1.807) is 4.90 Å². The molecule has 0 aliphatic heterocycles. The Morgan fingerprint density at radius 2 is 1.79 bits per heavy atom. The van der Waals surface area contributed by atoms with Gasteiger partial charge in [-0.15, -0.1) is 0 Å². The number of halogens is 4. The lowest BCUT2D eigenvalue weighted by molar-refractivity contribution is -0.137. The molecule has 0 saturated carbocycles. The molecule has 1 aromatic carbocycles. The first kappa shape index (κ1) is 16.0. The van der Waals surface area contributed by atoms with Crippen molar-refractivity contribution in [3.05, 3.63) is 35.4 Å². The zero-order chi connectivity index (χ0) is 14.6. The molecule has 0 unspecified atom stereocenters. The number of nitrogens with zero attached hydrogens (tertiary/aromatic N) is 1. The molecule has 0 heterocycles. The van der Waals surface area contributed by atoms with Gasteiger partial charge in [0.15, 0.2) is 0 Å². The highest BCUT2D eigenvalue weighted by Crippen LogP contribution is 2.29. The predicted molar refractivity (Wildman–Crippen MR) is 71.4 cm³/mol. The summed E-state index contributed by atoms with van der Waals surface area (Å²) >= 11 is 3.25. The average molecular weight is 338 g/mol. The number of alkyl halides is 4. The van der Waals surface area contributed by atoms with E-state index in [1.807, 2.05) is 13.8 Å². The summed E-state index contributed by atoms with van der Waals surface area (Å²) in [5.41, 5.74) is -0.483. The quantitative estimate of drug-likeness (QED) is 0.762. The van der Waals surface area contributed by atoms with E-state index in [-0.39, 0.29) is 17.5 Å². The normalized spacial score (nSPS) is 11.7. The number of benzene rings is 1. The fraction of sp³-hybridized carbons (Fsp3) is 0.462. The Labute approximate surface area is 118 Å². The van der Waals surface area contributed by atoms with E-state index in [4.69, 9.17) is 0 Å². The predicted octanol–water partition coefficient (Wildman–Crippen LogP) is 3.95. The molecule has 0 aromatic heterocycles. The molecule has 1 rings (SSSR count). The maximum absolute atomic E-state index is 12.4. The van der Waals surface area contributed by atoms with Crippen molar-refractivity contribution < 1.29 is 18.0 Å². The van der Waals surface area contributed by atoms with Crippen LogP contribution in [0.15, 0.2) is 24.3 Å². The van der Waals surface area contributed by atoms with Crippen LogP contribution in [0.2, 0.25) is 0 Å².